The van der Waals surface area contributed by atoms with Crippen molar-refractivity contribution in [1.82, 2.24) is 5.32 Å². The zero-order valence-corrected chi connectivity index (χ0v) is 10.6. The first kappa shape index (κ1) is 14.3. The quantitative estimate of drug-likeness (QED) is 0.845. The fourth-order valence-electron chi connectivity index (χ4n) is 1.29. The van der Waals surface area contributed by atoms with E-state index in [-0.39, 0.29) is 11.6 Å². The standard InChI is InChI=1S/C11H13FN2O3S/c1-17-9-3-2-8(12)4-7(9)5-18-6-10(15)14-11(13)16/h2-4H,5-6H2,1H3,(H3,13,14,15,16). The van der Waals surface area contributed by atoms with Crippen molar-refractivity contribution < 1.29 is 18.7 Å². The molecule has 3 amide bonds. The van der Waals surface area contributed by atoms with Gasteiger partial charge in [0, 0.05) is 11.3 Å². The lowest BCUT2D eigenvalue weighted by Crippen LogP contribution is -2.36. The molecular formula is C11H13FN2O3S. The van der Waals surface area contributed by atoms with Gasteiger partial charge in [0.05, 0.1) is 12.9 Å². The Morgan fingerprint density at radius 2 is 2.22 bits per heavy atom. The number of hydrogen-bond donors (Lipinski definition) is 2. The van der Waals surface area contributed by atoms with Crippen LogP contribution in [0.15, 0.2) is 18.2 Å². The number of nitrogens with one attached hydrogen (secondary N) is 1. The van der Waals surface area contributed by atoms with Crippen molar-refractivity contribution >= 4 is 23.7 Å². The molecular weight excluding hydrogens is 259 g/mol. The fraction of sp³-hybridized carbons (Fsp3) is 0.273. The number of primary amides is 1. The van der Waals surface area contributed by atoms with E-state index in [4.69, 9.17) is 10.5 Å². The van der Waals surface area contributed by atoms with Crippen LogP contribution >= 0.6 is 11.8 Å². The summed E-state index contributed by atoms with van der Waals surface area (Å²) < 4.78 is 18.1. The van der Waals surface area contributed by atoms with E-state index in [1.54, 1.807) is 0 Å². The average molecular weight is 272 g/mol. The third-order valence-electron chi connectivity index (χ3n) is 2.00. The highest BCUT2D eigenvalue weighted by Crippen LogP contribution is 2.23. The molecule has 0 aliphatic carbocycles. The predicted molar refractivity (Wildman–Crippen MR) is 66.8 cm³/mol. The number of carbonyl (C=O) groups excluding carboxylic acids is 2. The van der Waals surface area contributed by atoms with Crippen LogP contribution in [-0.2, 0) is 10.5 Å². The minimum absolute atomic E-state index is 0.0581. The number of methoxy groups -OCH3 is 1. The fourth-order valence-corrected chi connectivity index (χ4v) is 2.09. The minimum Gasteiger partial charge on any atom is -0.496 e. The SMILES string of the molecule is COc1ccc(F)cc1CSCC(=O)NC(N)=O. The van der Waals surface area contributed by atoms with E-state index in [9.17, 15) is 14.0 Å². The Morgan fingerprint density at radius 1 is 1.50 bits per heavy atom. The third-order valence-corrected chi connectivity index (χ3v) is 2.98. The van der Waals surface area contributed by atoms with Crippen molar-refractivity contribution in [2.45, 2.75) is 5.75 Å². The number of carbonyl (C=O) groups is 2. The molecule has 0 radical (unpaired) electrons. The maximum Gasteiger partial charge on any atom is 0.318 e. The summed E-state index contributed by atoms with van der Waals surface area (Å²) in [7, 11) is 1.49. The molecule has 7 heteroatoms. The van der Waals surface area contributed by atoms with Gasteiger partial charge in [-0.25, -0.2) is 9.18 Å². The Morgan fingerprint density at radius 3 is 2.83 bits per heavy atom. The summed E-state index contributed by atoms with van der Waals surface area (Å²) in [6.07, 6.45) is 0. The number of rotatable bonds is 5. The van der Waals surface area contributed by atoms with Gasteiger partial charge < -0.3 is 10.5 Å². The zero-order valence-electron chi connectivity index (χ0n) is 9.73. The normalized spacial score (nSPS) is 9.89. The third kappa shape index (κ3) is 4.62. The van der Waals surface area contributed by atoms with Crippen molar-refractivity contribution in [2.24, 2.45) is 5.73 Å². The largest absolute Gasteiger partial charge is 0.496 e. The van der Waals surface area contributed by atoms with Gasteiger partial charge in [-0.05, 0) is 18.2 Å². The lowest BCUT2D eigenvalue weighted by atomic mass is 10.2. The number of amides is 3. The smallest absolute Gasteiger partial charge is 0.318 e. The van der Waals surface area contributed by atoms with Crippen LogP contribution in [0.2, 0.25) is 0 Å². The van der Waals surface area contributed by atoms with Crippen molar-refractivity contribution in [3.8, 4) is 5.75 Å². The molecule has 0 bridgehead atoms. The molecule has 1 aromatic rings. The molecule has 0 aliphatic heterocycles. The Hall–Kier alpha value is -1.76. The Kier molecular flexibility index (Phi) is 5.44. The maximum atomic E-state index is 13.0. The van der Waals surface area contributed by atoms with E-state index in [1.165, 1.54) is 37.1 Å². The van der Waals surface area contributed by atoms with Gasteiger partial charge in [-0.3, -0.25) is 10.1 Å². The number of ether oxygens (including phenoxy) is 1. The van der Waals surface area contributed by atoms with Gasteiger partial charge in [0.2, 0.25) is 5.91 Å². The average Bonchev–Trinajstić information content (AvgIpc) is 2.28. The van der Waals surface area contributed by atoms with E-state index < -0.39 is 11.9 Å². The van der Waals surface area contributed by atoms with Gasteiger partial charge in [-0.1, -0.05) is 0 Å². The number of nitrogens with two attached hydrogens (primary N) is 1. The second kappa shape index (κ2) is 6.85. The van der Waals surface area contributed by atoms with Crippen LogP contribution < -0.4 is 15.8 Å². The lowest BCUT2D eigenvalue weighted by Gasteiger charge is -2.08. The van der Waals surface area contributed by atoms with Gasteiger partial charge in [0.25, 0.3) is 0 Å². The summed E-state index contributed by atoms with van der Waals surface area (Å²) in [4.78, 5) is 21.5. The topological polar surface area (TPSA) is 81.4 Å². The number of urea groups is 1. The number of hydrogen-bond acceptors (Lipinski definition) is 4. The molecule has 0 saturated heterocycles. The van der Waals surface area contributed by atoms with Gasteiger partial charge in [0.15, 0.2) is 0 Å². The van der Waals surface area contributed by atoms with Gasteiger partial charge in [-0.2, -0.15) is 0 Å². The number of thioether (sulfide) groups is 1. The van der Waals surface area contributed by atoms with Crippen molar-refractivity contribution in [1.29, 1.82) is 0 Å². The molecule has 0 saturated carbocycles. The summed E-state index contributed by atoms with van der Waals surface area (Å²) in [5.74, 6) is 0.158. The molecule has 1 aromatic carbocycles. The van der Waals surface area contributed by atoms with Crippen LogP contribution in [0, 0.1) is 5.82 Å². The molecule has 0 aliphatic rings. The summed E-state index contributed by atoms with van der Waals surface area (Å²) in [6, 6.07) is 3.28. The van der Waals surface area contributed by atoms with Crippen molar-refractivity contribution in [3.63, 3.8) is 0 Å². The zero-order chi connectivity index (χ0) is 13.5. The molecule has 0 aromatic heterocycles. The Labute approximate surface area is 108 Å². The minimum atomic E-state index is -0.885. The molecule has 3 N–H and O–H groups in total. The summed E-state index contributed by atoms with van der Waals surface area (Å²) in [6.45, 7) is 0. The van der Waals surface area contributed by atoms with Gasteiger partial charge >= 0.3 is 6.03 Å². The number of imide groups is 1. The number of halogens is 1. The van der Waals surface area contributed by atoms with Crippen LogP contribution in [0.4, 0.5) is 9.18 Å². The first-order valence-corrected chi connectivity index (χ1v) is 6.18. The first-order valence-electron chi connectivity index (χ1n) is 5.02. The molecule has 98 valence electrons. The molecule has 0 spiro atoms. The van der Waals surface area contributed by atoms with Crippen LogP contribution in [0.25, 0.3) is 0 Å². The molecule has 0 atom stereocenters. The predicted octanol–water partition coefficient (Wildman–Crippen LogP) is 1.26. The highest BCUT2D eigenvalue weighted by molar-refractivity contribution is 7.99. The molecule has 0 heterocycles. The van der Waals surface area contributed by atoms with Crippen molar-refractivity contribution in [3.05, 3.63) is 29.6 Å². The molecule has 18 heavy (non-hydrogen) atoms. The highest BCUT2D eigenvalue weighted by atomic mass is 32.2. The summed E-state index contributed by atoms with van der Waals surface area (Å²) in [5, 5.41) is 1.94. The van der Waals surface area contributed by atoms with E-state index in [2.05, 4.69) is 0 Å². The van der Waals surface area contributed by atoms with E-state index in [1.807, 2.05) is 5.32 Å². The van der Waals surface area contributed by atoms with Crippen LogP contribution in [-0.4, -0.2) is 24.8 Å². The Bertz CT molecular complexity index is 454. The maximum absolute atomic E-state index is 13.0. The molecule has 0 unspecified atom stereocenters. The van der Waals surface area contributed by atoms with E-state index in [0.29, 0.717) is 17.1 Å². The van der Waals surface area contributed by atoms with Crippen LogP contribution in [0.3, 0.4) is 0 Å². The number of benzene rings is 1. The van der Waals surface area contributed by atoms with E-state index >= 15 is 0 Å². The van der Waals surface area contributed by atoms with Crippen LogP contribution in [0.1, 0.15) is 5.56 Å². The molecule has 0 fully saturated rings. The summed E-state index contributed by atoms with van der Waals surface area (Å²) >= 11 is 1.23. The molecule has 1 rings (SSSR count). The second-order valence-corrected chi connectivity index (χ2v) is 4.35. The Balaban J connectivity index is 2.50. The monoisotopic (exact) mass is 272 g/mol. The van der Waals surface area contributed by atoms with Gasteiger partial charge in [-0.15, -0.1) is 11.8 Å². The highest BCUT2D eigenvalue weighted by Gasteiger charge is 2.08. The summed E-state index contributed by atoms with van der Waals surface area (Å²) in [5.41, 5.74) is 5.44. The molecule has 5 nitrogen and oxygen atoms in total. The van der Waals surface area contributed by atoms with Gasteiger partial charge in [0.1, 0.15) is 11.6 Å². The second-order valence-electron chi connectivity index (χ2n) is 3.36. The van der Waals surface area contributed by atoms with Crippen molar-refractivity contribution in [2.75, 3.05) is 12.9 Å². The lowest BCUT2D eigenvalue weighted by molar-refractivity contribution is -0.117. The van der Waals surface area contributed by atoms with E-state index in [0.717, 1.165) is 0 Å². The first-order chi connectivity index (χ1) is 8.52. The van der Waals surface area contributed by atoms with Crippen LogP contribution in [0.5, 0.6) is 5.75 Å².